The molecule has 0 aliphatic rings. The number of halogens is 4. The molecule has 100 valence electrons. The van der Waals surface area contributed by atoms with Gasteiger partial charge in [-0.3, -0.25) is 0 Å². The van der Waals surface area contributed by atoms with E-state index in [2.05, 4.69) is 15.9 Å². The Labute approximate surface area is 116 Å². The quantitative estimate of drug-likeness (QED) is 0.862. The van der Waals surface area contributed by atoms with Crippen LogP contribution in [0.5, 0.6) is 5.75 Å². The monoisotopic (exact) mass is 331 g/mol. The lowest BCUT2D eigenvalue weighted by Crippen LogP contribution is -2.02. The van der Waals surface area contributed by atoms with Crippen molar-refractivity contribution >= 4 is 21.6 Å². The van der Waals surface area contributed by atoms with Gasteiger partial charge in [0.15, 0.2) is 11.6 Å². The highest BCUT2D eigenvalue weighted by Crippen LogP contribution is 2.29. The van der Waals surface area contributed by atoms with Crippen LogP contribution >= 0.6 is 15.9 Å². The molecule has 0 aliphatic heterocycles. The van der Waals surface area contributed by atoms with Crippen LogP contribution in [0.1, 0.15) is 5.56 Å². The van der Waals surface area contributed by atoms with E-state index < -0.39 is 17.5 Å². The van der Waals surface area contributed by atoms with Crippen molar-refractivity contribution < 1.29 is 17.9 Å². The molecule has 0 aliphatic carbocycles. The van der Waals surface area contributed by atoms with Crippen molar-refractivity contribution in [1.82, 2.24) is 0 Å². The molecule has 0 amide bonds. The Bertz CT molecular complexity index is 619. The largest absolute Gasteiger partial charge is 0.487 e. The first-order valence-electron chi connectivity index (χ1n) is 5.29. The lowest BCUT2D eigenvalue weighted by molar-refractivity contribution is 0.297. The Morgan fingerprint density at radius 3 is 2.58 bits per heavy atom. The summed E-state index contributed by atoms with van der Waals surface area (Å²) in [5, 5.41) is 0. The lowest BCUT2D eigenvalue weighted by Gasteiger charge is -2.10. The zero-order valence-corrected chi connectivity index (χ0v) is 11.2. The summed E-state index contributed by atoms with van der Waals surface area (Å²) < 4.78 is 45.1. The minimum absolute atomic E-state index is 0.0303. The van der Waals surface area contributed by atoms with Crippen LogP contribution in [-0.2, 0) is 6.61 Å². The average Bonchev–Trinajstić information content (AvgIpc) is 2.37. The molecule has 0 heterocycles. The first-order valence-corrected chi connectivity index (χ1v) is 6.08. The number of ether oxygens (including phenoxy) is 1. The molecule has 0 aromatic heterocycles. The van der Waals surface area contributed by atoms with Gasteiger partial charge in [0.25, 0.3) is 0 Å². The maximum Gasteiger partial charge on any atom is 0.165 e. The molecule has 6 heteroatoms. The fourth-order valence-corrected chi connectivity index (χ4v) is 1.85. The number of rotatable bonds is 3. The van der Waals surface area contributed by atoms with Gasteiger partial charge in [0.1, 0.15) is 18.2 Å². The third-order valence-corrected chi connectivity index (χ3v) is 3.08. The first-order chi connectivity index (χ1) is 8.99. The number of nitrogen functional groups attached to an aromatic ring is 1. The minimum Gasteiger partial charge on any atom is -0.487 e. The van der Waals surface area contributed by atoms with Crippen LogP contribution in [0.4, 0.5) is 18.9 Å². The van der Waals surface area contributed by atoms with E-state index in [-0.39, 0.29) is 28.1 Å². The molecule has 2 aromatic rings. The van der Waals surface area contributed by atoms with Gasteiger partial charge in [0, 0.05) is 11.6 Å². The molecule has 2 aromatic carbocycles. The van der Waals surface area contributed by atoms with E-state index in [0.717, 1.165) is 12.1 Å². The number of anilines is 1. The highest BCUT2D eigenvalue weighted by molar-refractivity contribution is 9.10. The number of benzene rings is 2. The van der Waals surface area contributed by atoms with Crippen molar-refractivity contribution in [3.05, 3.63) is 57.8 Å². The molecule has 0 saturated carbocycles. The Hall–Kier alpha value is -1.69. The molecule has 2 nitrogen and oxygen atoms in total. The van der Waals surface area contributed by atoms with Crippen molar-refractivity contribution in [3.63, 3.8) is 0 Å². The molecule has 19 heavy (non-hydrogen) atoms. The zero-order valence-electron chi connectivity index (χ0n) is 9.59. The van der Waals surface area contributed by atoms with Crippen molar-refractivity contribution in [3.8, 4) is 5.75 Å². The molecular formula is C13H9BrF3NO. The van der Waals surface area contributed by atoms with Gasteiger partial charge in [0.2, 0.25) is 0 Å². The van der Waals surface area contributed by atoms with Gasteiger partial charge < -0.3 is 10.5 Å². The van der Waals surface area contributed by atoms with Gasteiger partial charge in [-0.15, -0.1) is 0 Å². The fourth-order valence-electron chi connectivity index (χ4n) is 1.48. The van der Waals surface area contributed by atoms with Crippen molar-refractivity contribution in [2.45, 2.75) is 6.61 Å². The normalized spacial score (nSPS) is 10.5. The summed E-state index contributed by atoms with van der Waals surface area (Å²) in [7, 11) is 0. The van der Waals surface area contributed by atoms with E-state index in [9.17, 15) is 13.2 Å². The van der Waals surface area contributed by atoms with E-state index in [0.29, 0.717) is 0 Å². The highest BCUT2D eigenvalue weighted by Gasteiger charge is 2.11. The summed E-state index contributed by atoms with van der Waals surface area (Å²) in [5.41, 5.74) is 5.86. The highest BCUT2D eigenvalue weighted by atomic mass is 79.9. The second-order valence-electron chi connectivity index (χ2n) is 3.81. The first kappa shape index (κ1) is 13.7. The minimum atomic E-state index is -0.987. The molecule has 2 rings (SSSR count). The maximum atomic E-state index is 13.4. The van der Waals surface area contributed by atoms with E-state index in [4.69, 9.17) is 10.5 Å². The second-order valence-corrected chi connectivity index (χ2v) is 4.66. The van der Waals surface area contributed by atoms with Crippen LogP contribution < -0.4 is 10.5 Å². The molecule has 0 unspecified atom stereocenters. The van der Waals surface area contributed by atoms with Gasteiger partial charge in [-0.1, -0.05) is 12.1 Å². The standard InChI is InChI=1S/C13H9BrF3NO/c14-8-4-11(18)12(5-10(8)16)19-6-7-2-1-3-9(15)13(7)17/h1-5H,6,18H2. The van der Waals surface area contributed by atoms with Gasteiger partial charge in [-0.05, 0) is 28.1 Å². The van der Waals surface area contributed by atoms with Crippen LogP contribution in [0.25, 0.3) is 0 Å². The van der Waals surface area contributed by atoms with Gasteiger partial charge in [0.05, 0.1) is 10.2 Å². The molecule has 0 atom stereocenters. The van der Waals surface area contributed by atoms with E-state index in [1.807, 2.05) is 0 Å². The van der Waals surface area contributed by atoms with Crippen molar-refractivity contribution in [2.24, 2.45) is 0 Å². The van der Waals surface area contributed by atoms with Crippen molar-refractivity contribution in [2.75, 3.05) is 5.73 Å². The summed E-state index contributed by atoms with van der Waals surface area (Å²) in [5.74, 6) is -2.43. The number of nitrogens with two attached hydrogens (primary N) is 1. The third-order valence-electron chi connectivity index (χ3n) is 2.47. The Balaban J connectivity index is 2.19. The molecule has 0 spiro atoms. The summed E-state index contributed by atoms with van der Waals surface area (Å²) in [4.78, 5) is 0. The van der Waals surface area contributed by atoms with Gasteiger partial charge in [-0.2, -0.15) is 0 Å². The predicted octanol–water partition coefficient (Wildman–Crippen LogP) is 4.03. The zero-order chi connectivity index (χ0) is 14.0. The van der Waals surface area contributed by atoms with Gasteiger partial charge in [-0.25, -0.2) is 13.2 Å². The molecule has 0 saturated heterocycles. The van der Waals surface area contributed by atoms with Crippen molar-refractivity contribution in [1.29, 1.82) is 0 Å². The molecule has 2 N–H and O–H groups in total. The predicted molar refractivity (Wildman–Crippen MR) is 69.2 cm³/mol. The van der Waals surface area contributed by atoms with Crippen LogP contribution in [0.2, 0.25) is 0 Å². The summed E-state index contributed by atoms with van der Waals surface area (Å²) in [6.07, 6.45) is 0. The smallest absolute Gasteiger partial charge is 0.165 e. The Morgan fingerprint density at radius 1 is 1.11 bits per heavy atom. The summed E-state index contributed by atoms with van der Waals surface area (Å²) in [6.45, 7) is -0.241. The summed E-state index contributed by atoms with van der Waals surface area (Å²) >= 11 is 2.98. The molecule has 0 radical (unpaired) electrons. The summed E-state index contributed by atoms with van der Waals surface area (Å²) in [6, 6.07) is 6.17. The van der Waals surface area contributed by atoms with E-state index >= 15 is 0 Å². The van der Waals surface area contributed by atoms with Crippen LogP contribution in [0.3, 0.4) is 0 Å². The second kappa shape index (κ2) is 5.52. The Kier molecular flexibility index (Phi) is 3.99. The number of hydrogen-bond donors (Lipinski definition) is 1. The third kappa shape index (κ3) is 3.01. The van der Waals surface area contributed by atoms with Crippen LogP contribution in [0.15, 0.2) is 34.8 Å². The average molecular weight is 332 g/mol. The van der Waals surface area contributed by atoms with E-state index in [1.54, 1.807) is 0 Å². The SMILES string of the molecule is Nc1cc(Br)c(F)cc1OCc1cccc(F)c1F. The molecule has 0 fully saturated rings. The Morgan fingerprint density at radius 2 is 1.84 bits per heavy atom. The lowest BCUT2D eigenvalue weighted by atomic mass is 10.2. The number of hydrogen-bond acceptors (Lipinski definition) is 2. The maximum absolute atomic E-state index is 13.4. The fraction of sp³-hybridized carbons (Fsp3) is 0.0769. The van der Waals surface area contributed by atoms with Crippen LogP contribution in [-0.4, -0.2) is 0 Å². The molecule has 0 bridgehead atoms. The van der Waals surface area contributed by atoms with E-state index in [1.165, 1.54) is 18.2 Å². The topological polar surface area (TPSA) is 35.2 Å². The van der Waals surface area contributed by atoms with Crippen LogP contribution in [0, 0.1) is 17.5 Å². The molecular weight excluding hydrogens is 323 g/mol. The van der Waals surface area contributed by atoms with Gasteiger partial charge >= 0.3 is 0 Å².